The van der Waals surface area contributed by atoms with Gasteiger partial charge < -0.3 is 15.4 Å². The van der Waals surface area contributed by atoms with E-state index in [2.05, 4.69) is 20.5 Å². The standard InChI is InChI=1S/C19H32N4O3S.HI/c1-20-19(21-10-3-4-12-23-13-15-26-16-14-23)22-11-9-17-5-7-18(8-6-17)27(2,24)25;/h5-8H,3-4,9-16H2,1-2H3,(H2,20,21,22);1H. The van der Waals surface area contributed by atoms with E-state index < -0.39 is 9.84 Å². The molecule has 0 amide bonds. The molecule has 1 aromatic rings. The second-order valence-electron chi connectivity index (χ2n) is 6.75. The second-order valence-corrected chi connectivity index (χ2v) is 8.77. The van der Waals surface area contributed by atoms with Gasteiger partial charge in [-0.05, 0) is 43.5 Å². The fourth-order valence-corrected chi connectivity index (χ4v) is 3.57. The van der Waals surface area contributed by atoms with Crippen molar-refractivity contribution in [3.05, 3.63) is 29.8 Å². The number of rotatable bonds is 9. The molecule has 2 rings (SSSR count). The minimum atomic E-state index is -3.13. The Labute approximate surface area is 186 Å². The number of guanidine groups is 1. The lowest BCUT2D eigenvalue weighted by Crippen LogP contribution is -2.39. The summed E-state index contributed by atoms with van der Waals surface area (Å²) in [6.45, 7) is 6.56. The lowest BCUT2D eigenvalue weighted by Gasteiger charge is -2.26. The highest BCUT2D eigenvalue weighted by Crippen LogP contribution is 2.10. The summed E-state index contributed by atoms with van der Waals surface area (Å²) in [4.78, 5) is 7.05. The third kappa shape index (κ3) is 9.53. The van der Waals surface area contributed by atoms with Crippen molar-refractivity contribution in [2.45, 2.75) is 24.2 Å². The number of hydrogen-bond donors (Lipinski definition) is 2. The summed E-state index contributed by atoms with van der Waals surface area (Å²) in [5.41, 5.74) is 1.09. The maximum atomic E-state index is 11.5. The monoisotopic (exact) mass is 524 g/mol. The minimum Gasteiger partial charge on any atom is -0.379 e. The number of sulfone groups is 1. The summed E-state index contributed by atoms with van der Waals surface area (Å²) in [7, 11) is -1.37. The fraction of sp³-hybridized carbons (Fsp3) is 0.632. The Kier molecular flexibility index (Phi) is 12.0. The summed E-state index contributed by atoms with van der Waals surface area (Å²) in [5, 5.41) is 6.64. The number of nitrogens with one attached hydrogen (secondary N) is 2. The van der Waals surface area contributed by atoms with E-state index in [1.807, 2.05) is 12.1 Å². The van der Waals surface area contributed by atoms with Crippen LogP contribution < -0.4 is 10.6 Å². The molecule has 0 spiro atoms. The second kappa shape index (κ2) is 13.3. The van der Waals surface area contributed by atoms with E-state index >= 15 is 0 Å². The maximum Gasteiger partial charge on any atom is 0.190 e. The number of aliphatic imine (C=N–C) groups is 1. The first-order valence-electron chi connectivity index (χ1n) is 9.52. The number of hydrogen-bond acceptors (Lipinski definition) is 5. The molecule has 7 nitrogen and oxygen atoms in total. The molecule has 0 saturated carbocycles. The van der Waals surface area contributed by atoms with Crippen LogP contribution in [0.1, 0.15) is 18.4 Å². The Morgan fingerprint density at radius 3 is 2.36 bits per heavy atom. The molecule has 1 saturated heterocycles. The van der Waals surface area contributed by atoms with Gasteiger partial charge in [-0.25, -0.2) is 8.42 Å². The third-order valence-corrected chi connectivity index (χ3v) is 5.71. The van der Waals surface area contributed by atoms with Gasteiger partial charge in [0.25, 0.3) is 0 Å². The summed E-state index contributed by atoms with van der Waals surface area (Å²) < 4.78 is 28.3. The third-order valence-electron chi connectivity index (χ3n) is 4.58. The van der Waals surface area contributed by atoms with Gasteiger partial charge in [-0.1, -0.05) is 12.1 Å². The quantitative estimate of drug-likeness (QED) is 0.221. The minimum absolute atomic E-state index is 0. The SMILES string of the molecule is CN=C(NCCCCN1CCOCC1)NCCc1ccc(S(C)(=O)=O)cc1.I. The molecule has 0 aliphatic carbocycles. The predicted molar refractivity (Wildman–Crippen MR) is 125 cm³/mol. The molecule has 9 heteroatoms. The van der Waals surface area contributed by atoms with Crippen LogP contribution in [0.5, 0.6) is 0 Å². The van der Waals surface area contributed by atoms with Crippen LogP contribution in [-0.2, 0) is 21.0 Å². The van der Waals surface area contributed by atoms with Crippen molar-refractivity contribution in [3.8, 4) is 0 Å². The number of unbranched alkanes of at least 4 members (excludes halogenated alkanes) is 1. The van der Waals surface area contributed by atoms with Gasteiger partial charge >= 0.3 is 0 Å². The Bertz CT molecular complexity index is 690. The summed E-state index contributed by atoms with van der Waals surface area (Å²) in [6.07, 6.45) is 4.30. The molecule has 0 aromatic heterocycles. The van der Waals surface area contributed by atoms with Gasteiger partial charge in [0.2, 0.25) is 0 Å². The molecule has 0 radical (unpaired) electrons. The van der Waals surface area contributed by atoms with Crippen LogP contribution in [-0.4, -0.2) is 78.5 Å². The molecule has 0 unspecified atom stereocenters. The molecular weight excluding hydrogens is 491 g/mol. The van der Waals surface area contributed by atoms with E-state index in [9.17, 15) is 8.42 Å². The average Bonchev–Trinajstić information content (AvgIpc) is 2.67. The van der Waals surface area contributed by atoms with Crippen LogP contribution in [0, 0.1) is 0 Å². The van der Waals surface area contributed by atoms with Crippen molar-refractivity contribution in [2.24, 2.45) is 4.99 Å². The average molecular weight is 524 g/mol. The lowest BCUT2D eigenvalue weighted by atomic mass is 10.1. The van der Waals surface area contributed by atoms with E-state index in [-0.39, 0.29) is 24.0 Å². The number of halogens is 1. The smallest absolute Gasteiger partial charge is 0.190 e. The first-order valence-corrected chi connectivity index (χ1v) is 11.4. The lowest BCUT2D eigenvalue weighted by molar-refractivity contribution is 0.0372. The largest absolute Gasteiger partial charge is 0.379 e. The molecule has 2 N–H and O–H groups in total. The van der Waals surface area contributed by atoms with Gasteiger partial charge in [0.05, 0.1) is 18.1 Å². The van der Waals surface area contributed by atoms with Crippen molar-refractivity contribution >= 4 is 39.8 Å². The van der Waals surface area contributed by atoms with Gasteiger partial charge in [0.15, 0.2) is 15.8 Å². The molecule has 1 fully saturated rings. The van der Waals surface area contributed by atoms with Crippen molar-refractivity contribution in [2.75, 3.05) is 59.2 Å². The zero-order valence-electron chi connectivity index (χ0n) is 16.8. The highest BCUT2D eigenvalue weighted by atomic mass is 127. The maximum absolute atomic E-state index is 11.5. The fourth-order valence-electron chi connectivity index (χ4n) is 2.94. The Morgan fingerprint density at radius 1 is 1.11 bits per heavy atom. The van der Waals surface area contributed by atoms with Crippen molar-refractivity contribution in [3.63, 3.8) is 0 Å². The Morgan fingerprint density at radius 2 is 1.75 bits per heavy atom. The van der Waals surface area contributed by atoms with Gasteiger partial charge in [0.1, 0.15) is 0 Å². The van der Waals surface area contributed by atoms with E-state index in [1.54, 1.807) is 19.2 Å². The molecule has 0 atom stereocenters. The molecule has 160 valence electrons. The van der Waals surface area contributed by atoms with Crippen molar-refractivity contribution in [1.82, 2.24) is 15.5 Å². The van der Waals surface area contributed by atoms with Crippen LogP contribution in [0.3, 0.4) is 0 Å². The zero-order chi connectivity index (χ0) is 19.5. The number of ether oxygens (including phenoxy) is 1. The van der Waals surface area contributed by atoms with Gasteiger partial charge in [-0.15, -0.1) is 24.0 Å². The van der Waals surface area contributed by atoms with Crippen LogP contribution >= 0.6 is 24.0 Å². The van der Waals surface area contributed by atoms with E-state index in [4.69, 9.17) is 4.74 Å². The number of benzene rings is 1. The number of nitrogens with zero attached hydrogens (tertiary/aromatic N) is 2. The predicted octanol–water partition coefficient (Wildman–Crippen LogP) is 1.53. The molecule has 1 aromatic carbocycles. The van der Waals surface area contributed by atoms with Crippen LogP contribution in [0.2, 0.25) is 0 Å². The Hall–Kier alpha value is -0.910. The van der Waals surface area contributed by atoms with E-state index in [1.165, 1.54) is 6.26 Å². The van der Waals surface area contributed by atoms with E-state index in [0.29, 0.717) is 4.90 Å². The molecule has 28 heavy (non-hydrogen) atoms. The topological polar surface area (TPSA) is 83.0 Å². The number of morpholine rings is 1. The van der Waals surface area contributed by atoms with Crippen LogP contribution in [0.4, 0.5) is 0 Å². The van der Waals surface area contributed by atoms with E-state index in [0.717, 1.165) is 76.7 Å². The first kappa shape index (κ1) is 25.1. The Balaban J connectivity index is 0.00000392. The highest BCUT2D eigenvalue weighted by Gasteiger charge is 2.09. The van der Waals surface area contributed by atoms with Crippen molar-refractivity contribution in [1.29, 1.82) is 0 Å². The summed E-state index contributed by atoms with van der Waals surface area (Å²) in [5.74, 6) is 0.800. The highest BCUT2D eigenvalue weighted by molar-refractivity contribution is 14.0. The molecule has 1 aliphatic rings. The summed E-state index contributed by atoms with van der Waals surface area (Å²) in [6, 6.07) is 7.04. The summed E-state index contributed by atoms with van der Waals surface area (Å²) >= 11 is 0. The molecule has 0 bridgehead atoms. The van der Waals surface area contributed by atoms with Gasteiger partial charge in [-0.3, -0.25) is 9.89 Å². The van der Waals surface area contributed by atoms with Crippen LogP contribution in [0.25, 0.3) is 0 Å². The van der Waals surface area contributed by atoms with Gasteiger partial charge in [0, 0.05) is 39.5 Å². The molecule has 1 aliphatic heterocycles. The zero-order valence-corrected chi connectivity index (χ0v) is 20.0. The van der Waals surface area contributed by atoms with Crippen molar-refractivity contribution < 1.29 is 13.2 Å². The van der Waals surface area contributed by atoms with Crippen LogP contribution in [0.15, 0.2) is 34.2 Å². The molecule has 1 heterocycles. The van der Waals surface area contributed by atoms with Gasteiger partial charge in [-0.2, -0.15) is 0 Å². The normalized spacial score (nSPS) is 15.7. The first-order chi connectivity index (χ1) is 13.0. The molecular formula is C19H33IN4O3S.